The van der Waals surface area contributed by atoms with E-state index < -0.39 is 0 Å². The topological polar surface area (TPSA) is 74.1 Å². The predicted molar refractivity (Wildman–Crippen MR) is 80.8 cm³/mol. The zero-order valence-corrected chi connectivity index (χ0v) is 12.2. The molecule has 2 aliphatic rings. The predicted octanol–water partition coefficient (Wildman–Crippen LogP) is 3.08. The van der Waals surface area contributed by atoms with Crippen LogP contribution >= 0.6 is 0 Å². The summed E-state index contributed by atoms with van der Waals surface area (Å²) >= 11 is 0. The van der Waals surface area contributed by atoms with E-state index in [9.17, 15) is 4.79 Å². The highest BCUT2D eigenvalue weighted by Gasteiger charge is 2.20. The minimum absolute atomic E-state index is 0.257. The van der Waals surface area contributed by atoms with Gasteiger partial charge in [-0.2, -0.15) is 5.10 Å². The fourth-order valence-electron chi connectivity index (χ4n) is 2.62. The highest BCUT2D eigenvalue weighted by Crippen LogP contribution is 2.32. The SMILES string of the molecule is CCn1nc(-c2ccc3cccc-3o2)c2c(C)onc2c1=O. The molecule has 6 nitrogen and oxygen atoms in total. The van der Waals surface area contributed by atoms with Crippen LogP contribution in [0.2, 0.25) is 0 Å². The van der Waals surface area contributed by atoms with Gasteiger partial charge >= 0.3 is 0 Å². The summed E-state index contributed by atoms with van der Waals surface area (Å²) in [6.07, 6.45) is 0. The Labute approximate surface area is 125 Å². The van der Waals surface area contributed by atoms with Crippen LogP contribution in [0.5, 0.6) is 0 Å². The lowest BCUT2D eigenvalue weighted by Gasteiger charge is -2.07. The molecule has 0 bridgehead atoms. The molecule has 1 aliphatic heterocycles. The second-order valence-corrected chi connectivity index (χ2v) is 5.08. The van der Waals surface area contributed by atoms with E-state index in [0.717, 1.165) is 11.3 Å². The van der Waals surface area contributed by atoms with Gasteiger partial charge in [0.2, 0.25) is 0 Å². The Bertz CT molecular complexity index is 1010. The van der Waals surface area contributed by atoms with Gasteiger partial charge < -0.3 is 8.94 Å². The van der Waals surface area contributed by atoms with Crippen molar-refractivity contribution >= 4 is 10.9 Å². The molecule has 6 heteroatoms. The van der Waals surface area contributed by atoms with Crippen LogP contribution in [0.25, 0.3) is 33.7 Å². The second kappa shape index (κ2) is 4.56. The van der Waals surface area contributed by atoms with Crippen LogP contribution < -0.4 is 5.56 Å². The summed E-state index contributed by atoms with van der Waals surface area (Å²) in [5, 5.41) is 8.90. The van der Waals surface area contributed by atoms with E-state index in [0.29, 0.717) is 29.1 Å². The van der Waals surface area contributed by atoms with Crippen LogP contribution in [0.1, 0.15) is 12.7 Å². The fourth-order valence-corrected chi connectivity index (χ4v) is 2.62. The standard InChI is InChI=1S/C16H13N3O3/c1-3-19-16(20)15-13(9(2)22-18-15)14(17-19)12-8-7-10-5-4-6-11(10)21-12/h4-8H,3H2,1-2H3. The zero-order valence-electron chi connectivity index (χ0n) is 12.2. The molecule has 4 rings (SSSR count). The quantitative estimate of drug-likeness (QED) is 0.568. The Morgan fingerprint density at radius 1 is 1.18 bits per heavy atom. The Morgan fingerprint density at radius 2 is 2.05 bits per heavy atom. The lowest BCUT2D eigenvalue weighted by Crippen LogP contribution is -2.23. The van der Waals surface area contributed by atoms with Crippen LogP contribution in [0, 0.1) is 6.92 Å². The summed E-state index contributed by atoms with van der Waals surface area (Å²) in [6, 6.07) is 9.61. The van der Waals surface area contributed by atoms with Gasteiger partial charge in [-0.15, -0.1) is 0 Å². The average molecular weight is 295 g/mol. The molecule has 0 fully saturated rings. The van der Waals surface area contributed by atoms with Gasteiger partial charge in [-0.25, -0.2) is 4.68 Å². The Kier molecular flexibility index (Phi) is 2.66. The van der Waals surface area contributed by atoms with Crippen LogP contribution in [0.3, 0.4) is 0 Å². The summed E-state index contributed by atoms with van der Waals surface area (Å²) in [5.74, 6) is 1.91. The maximum Gasteiger partial charge on any atom is 0.296 e. The molecule has 0 spiro atoms. The van der Waals surface area contributed by atoms with Crippen molar-refractivity contribution in [3.05, 3.63) is 46.4 Å². The van der Waals surface area contributed by atoms with Crippen molar-refractivity contribution in [2.24, 2.45) is 0 Å². The molecule has 3 heterocycles. The molecule has 0 aromatic carbocycles. The van der Waals surface area contributed by atoms with Crippen LogP contribution in [-0.2, 0) is 6.54 Å². The molecule has 0 amide bonds. The highest BCUT2D eigenvalue weighted by molar-refractivity contribution is 5.91. The van der Waals surface area contributed by atoms with Gasteiger partial charge in [0.15, 0.2) is 11.3 Å². The average Bonchev–Trinajstić information content (AvgIpc) is 3.14. The molecular formula is C16H13N3O3. The molecule has 1 aliphatic carbocycles. The fraction of sp³-hybridized carbons (Fsp3) is 0.188. The third-order valence-electron chi connectivity index (χ3n) is 3.73. The number of aryl methyl sites for hydroxylation is 2. The number of fused-ring (bicyclic) bond motifs is 2. The Hall–Kier alpha value is -2.89. The van der Waals surface area contributed by atoms with Gasteiger partial charge in [0.25, 0.3) is 5.56 Å². The minimum Gasteiger partial charge on any atom is -0.454 e. The first-order valence-corrected chi connectivity index (χ1v) is 7.05. The molecule has 0 N–H and O–H groups in total. The molecule has 0 saturated heterocycles. The van der Waals surface area contributed by atoms with Crippen molar-refractivity contribution in [1.29, 1.82) is 0 Å². The summed E-state index contributed by atoms with van der Waals surface area (Å²) < 4.78 is 12.5. The van der Waals surface area contributed by atoms with Gasteiger partial charge in [-0.1, -0.05) is 17.3 Å². The molecule has 22 heavy (non-hydrogen) atoms. The molecule has 2 aromatic heterocycles. The van der Waals surface area contributed by atoms with Crippen molar-refractivity contribution < 1.29 is 8.94 Å². The van der Waals surface area contributed by atoms with Crippen molar-refractivity contribution in [3.63, 3.8) is 0 Å². The first kappa shape index (κ1) is 12.8. The number of rotatable bonds is 2. The highest BCUT2D eigenvalue weighted by atomic mass is 16.5. The van der Waals surface area contributed by atoms with E-state index >= 15 is 0 Å². The molecule has 0 unspecified atom stereocenters. The summed E-state index contributed by atoms with van der Waals surface area (Å²) in [7, 11) is 0. The largest absolute Gasteiger partial charge is 0.454 e. The van der Waals surface area contributed by atoms with E-state index in [1.54, 1.807) is 6.92 Å². The van der Waals surface area contributed by atoms with Crippen LogP contribution in [-0.4, -0.2) is 14.9 Å². The zero-order chi connectivity index (χ0) is 15.3. The summed E-state index contributed by atoms with van der Waals surface area (Å²) in [4.78, 5) is 12.3. The maximum absolute atomic E-state index is 12.3. The minimum atomic E-state index is -0.257. The van der Waals surface area contributed by atoms with Crippen molar-refractivity contribution in [3.8, 4) is 22.8 Å². The van der Waals surface area contributed by atoms with Gasteiger partial charge in [0.1, 0.15) is 17.2 Å². The molecule has 0 atom stereocenters. The molecule has 2 aromatic rings. The summed E-state index contributed by atoms with van der Waals surface area (Å²) in [5.41, 5.74) is 1.61. The van der Waals surface area contributed by atoms with E-state index in [4.69, 9.17) is 8.94 Å². The van der Waals surface area contributed by atoms with Gasteiger partial charge in [0.05, 0.1) is 5.39 Å². The molecule has 110 valence electrons. The first-order valence-electron chi connectivity index (χ1n) is 7.05. The lowest BCUT2D eigenvalue weighted by atomic mass is 10.1. The molecule has 0 radical (unpaired) electrons. The summed E-state index contributed by atoms with van der Waals surface area (Å²) in [6.45, 7) is 4.07. The van der Waals surface area contributed by atoms with E-state index in [-0.39, 0.29) is 11.1 Å². The van der Waals surface area contributed by atoms with E-state index in [2.05, 4.69) is 10.3 Å². The number of hydrogen-bond acceptors (Lipinski definition) is 5. The van der Waals surface area contributed by atoms with Crippen molar-refractivity contribution in [1.82, 2.24) is 14.9 Å². The van der Waals surface area contributed by atoms with E-state index in [1.807, 2.05) is 37.3 Å². The first-order chi connectivity index (χ1) is 10.7. The normalized spacial score (nSPS) is 11.5. The van der Waals surface area contributed by atoms with Crippen LogP contribution in [0.4, 0.5) is 0 Å². The van der Waals surface area contributed by atoms with Gasteiger partial charge in [-0.3, -0.25) is 4.79 Å². The van der Waals surface area contributed by atoms with E-state index in [1.165, 1.54) is 4.68 Å². The van der Waals surface area contributed by atoms with Gasteiger partial charge in [-0.05, 0) is 32.0 Å². The number of hydrogen-bond donors (Lipinski definition) is 0. The van der Waals surface area contributed by atoms with Crippen LogP contribution in [0.15, 0.2) is 44.1 Å². The second-order valence-electron chi connectivity index (χ2n) is 5.08. The molecule has 0 saturated carbocycles. The number of nitrogens with zero attached hydrogens (tertiary/aromatic N) is 3. The smallest absolute Gasteiger partial charge is 0.296 e. The van der Waals surface area contributed by atoms with Crippen molar-refractivity contribution in [2.75, 3.05) is 0 Å². The monoisotopic (exact) mass is 295 g/mol. The number of aromatic nitrogens is 3. The third kappa shape index (κ3) is 1.70. The van der Waals surface area contributed by atoms with Gasteiger partial charge in [0, 0.05) is 12.1 Å². The Morgan fingerprint density at radius 3 is 2.86 bits per heavy atom. The van der Waals surface area contributed by atoms with Crippen molar-refractivity contribution in [2.45, 2.75) is 20.4 Å². The Balaban J connectivity index is 2.09. The maximum atomic E-state index is 12.3. The lowest BCUT2D eigenvalue weighted by molar-refractivity contribution is 0.405. The molecular weight excluding hydrogens is 282 g/mol. The third-order valence-corrected chi connectivity index (χ3v) is 3.73.